The number of nitrogen functional groups attached to an aromatic ring is 1. The summed E-state index contributed by atoms with van der Waals surface area (Å²) in [6, 6.07) is 3.51. The molecule has 0 fully saturated rings. The Hall–Kier alpha value is -0.640. The molecule has 3 N–H and O–H groups in total. The van der Waals surface area contributed by atoms with E-state index in [1.54, 1.807) is 18.3 Å². The van der Waals surface area contributed by atoms with Crippen LogP contribution < -0.4 is 27.8 Å². The number of hydrogen-bond donors (Lipinski definition) is 1. The SMILES string of the molecule is Nc1ccc[nH+]n1.[Br-]. The topological polar surface area (TPSA) is 53.0 Å². The van der Waals surface area contributed by atoms with E-state index in [1.807, 2.05) is 0 Å². The van der Waals surface area contributed by atoms with E-state index in [2.05, 4.69) is 10.2 Å². The number of nitrogens with one attached hydrogen (secondary N) is 1. The van der Waals surface area contributed by atoms with Gasteiger partial charge in [0, 0.05) is 11.2 Å². The fourth-order valence-corrected chi connectivity index (χ4v) is 0.339. The molecule has 0 atom stereocenters. The molecular formula is C4H6BrN3. The molecule has 4 heteroatoms. The maximum atomic E-state index is 5.22. The number of aromatic nitrogens is 2. The third-order valence-electron chi connectivity index (χ3n) is 0.631. The van der Waals surface area contributed by atoms with Crippen LogP contribution in [0.15, 0.2) is 18.3 Å². The van der Waals surface area contributed by atoms with Gasteiger partial charge in [0.25, 0.3) is 0 Å². The second kappa shape index (κ2) is 3.37. The summed E-state index contributed by atoms with van der Waals surface area (Å²) in [6.45, 7) is 0. The lowest BCUT2D eigenvalue weighted by Crippen LogP contribution is -3.00. The summed E-state index contributed by atoms with van der Waals surface area (Å²) in [5, 5.41) is 6.22. The van der Waals surface area contributed by atoms with Crippen molar-refractivity contribution in [3.05, 3.63) is 18.3 Å². The van der Waals surface area contributed by atoms with Gasteiger partial charge in [-0.3, -0.25) is 0 Å². The van der Waals surface area contributed by atoms with Gasteiger partial charge >= 0.3 is 0 Å². The Morgan fingerprint density at radius 3 is 2.62 bits per heavy atom. The second-order valence-corrected chi connectivity index (χ2v) is 1.19. The molecule has 0 unspecified atom stereocenters. The van der Waals surface area contributed by atoms with Crippen LogP contribution in [0.4, 0.5) is 5.82 Å². The van der Waals surface area contributed by atoms with Gasteiger partial charge in [0.05, 0.1) is 0 Å². The third kappa shape index (κ3) is 1.88. The molecule has 0 saturated carbocycles. The Balaban J connectivity index is 0.000000490. The summed E-state index contributed by atoms with van der Waals surface area (Å²) in [7, 11) is 0. The molecule has 0 saturated heterocycles. The minimum absolute atomic E-state index is 0. The van der Waals surface area contributed by atoms with Crippen molar-refractivity contribution in [3.63, 3.8) is 0 Å². The van der Waals surface area contributed by atoms with E-state index in [-0.39, 0.29) is 17.0 Å². The first-order chi connectivity index (χ1) is 3.39. The Bertz CT molecular complexity index is 141. The zero-order valence-corrected chi connectivity index (χ0v) is 5.72. The summed E-state index contributed by atoms with van der Waals surface area (Å²) in [5.41, 5.74) is 5.22. The van der Waals surface area contributed by atoms with Crippen LogP contribution in [0.1, 0.15) is 0 Å². The molecule has 1 aromatic heterocycles. The first-order valence-electron chi connectivity index (χ1n) is 1.98. The van der Waals surface area contributed by atoms with Gasteiger partial charge in [0.1, 0.15) is 0 Å². The van der Waals surface area contributed by atoms with E-state index in [0.717, 1.165) is 0 Å². The molecule has 8 heavy (non-hydrogen) atoms. The molecule has 0 amide bonds. The predicted molar refractivity (Wildman–Crippen MR) is 25.2 cm³/mol. The fourth-order valence-electron chi connectivity index (χ4n) is 0.339. The van der Waals surface area contributed by atoms with Gasteiger partial charge in [-0.1, -0.05) is 0 Å². The average molecular weight is 176 g/mol. The van der Waals surface area contributed by atoms with Crippen LogP contribution in [0.3, 0.4) is 0 Å². The quantitative estimate of drug-likeness (QED) is 0.445. The highest BCUT2D eigenvalue weighted by Gasteiger charge is 1.81. The minimum atomic E-state index is 0. The van der Waals surface area contributed by atoms with Crippen molar-refractivity contribution in [3.8, 4) is 0 Å². The lowest BCUT2D eigenvalue weighted by molar-refractivity contribution is -0.453. The smallest absolute Gasteiger partial charge is 0.193 e. The van der Waals surface area contributed by atoms with Gasteiger partial charge in [-0.05, 0) is 6.07 Å². The van der Waals surface area contributed by atoms with Crippen LogP contribution in [0.5, 0.6) is 0 Å². The fraction of sp³-hybridized carbons (Fsp3) is 0. The van der Waals surface area contributed by atoms with Crippen molar-refractivity contribution in [1.82, 2.24) is 5.10 Å². The van der Waals surface area contributed by atoms with Gasteiger partial charge in [-0.2, -0.15) is 0 Å². The molecule has 0 bridgehead atoms. The van der Waals surface area contributed by atoms with Crippen LogP contribution in [-0.2, 0) is 0 Å². The van der Waals surface area contributed by atoms with Crippen molar-refractivity contribution in [2.75, 3.05) is 5.73 Å². The molecule has 0 aromatic carbocycles. The van der Waals surface area contributed by atoms with Crippen LogP contribution in [0.2, 0.25) is 0 Å². The molecule has 44 valence electrons. The van der Waals surface area contributed by atoms with Gasteiger partial charge in [0.2, 0.25) is 0 Å². The number of aromatic amines is 1. The van der Waals surface area contributed by atoms with Crippen LogP contribution in [0.25, 0.3) is 0 Å². The van der Waals surface area contributed by atoms with Gasteiger partial charge in [-0.15, -0.1) is 5.10 Å². The molecule has 1 aromatic rings. The van der Waals surface area contributed by atoms with Crippen LogP contribution >= 0.6 is 0 Å². The molecule has 0 aliphatic carbocycles. The van der Waals surface area contributed by atoms with E-state index >= 15 is 0 Å². The van der Waals surface area contributed by atoms with Crippen molar-refractivity contribution in [1.29, 1.82) is 0 Å². The first kappa shape index (κ1) is 7.36. The van der Waals surface area contributed by atoms with E-state index in [0.29, 0.717) is 5.82 Å². The lowest BCUT2D eigenvalue weighted by Gasteiger charge is -1.75. The summed E-state index contributed by atoms with van der Waals surface area (Å²) < 4.78 is 0. The van der Waals surface area contributed by atoms with Gasteiger partial charge in [-0.25, -0.2) is 0 Å². The number of rotatable bonds is 0. The summed E-state index contributed by atoms with van der Waals surface area (Å²) in [6.07, 6.45) is 1.70. The molecule has 3 nitrogen and oxygen atoms in total. The standard InChI is InChI=1S/C4H5N3.BrH/c5-4-2-1-3-6-7-4;/h1-3H,(H2,5,7);1H. The first-order valence-corrected chi connectivity index (χ1v) is 1.98. The Morgan fingerprint density at radius 2 is 2.38 bits per heavy atom. The van der Waals surface area contributed by atoms with Gasteiger partial charge in [0.15, 0.2) is 12.0 Å². The number of nitrogens with two attached hydrogens (primary N) is 1. The Morgan fingerprint density at radius 1 is 1.62 bits per heavy atom. The summed E-state index contributed by atoms with van der Waals surface area (Å²) in [4.78, 5) is 0. The zero-order valence-electron chi connectivity index (χ0n) is 4.13. The third-order valence-corrected chi connectivity index (χ3v) is 0.631. The molecule has 0 spiro atoms. The minimum Gasteiger partial charge on any atom is -1.00 e. The number of hydrogen-bond acceptors (Lipinski definition) is 2. The number of H-pyrrole nitrogens is 1. The van der Waals surface area contributed by atoms with E-state index in [1.165, 1.54) is 0 Å². The van der Waals surface area contributed by atoms with Crippen molar-refractivity contribution >= 4 is 5.82 Å². The van der Waals surface area contributed by atoms with Crippen LogP contribution in [0, 0.1) is 0 Å². The highest BCUT2D eigenvalue weighted by molar-refractivity contribution is 5.21. The summed E-state index contributed by atoms with van der Waals surface area (Å²) >= 11 is 0. The highest BCUT2D eigenvalue weighted by atomic mass is 79.9. The van der Waals surface area contributed by atoms with Crippen molar-refractivity contribution in [2.24, 2.45) is 0 Å². The maximum absolute atomic E-state index is 5.22. The normalized spacial score (nSPS) is 7.50. The molecule has 0 aliphatic heterocycles. The Labute approximate surface area is 57.7 Å². The second-order valence-electron chi connectivity index (χ2n) is 1.19. The molecule has 1 heterocycles. The Kier molecular flexibility index (Phi) is 3.10. The zero-order chi connectivity index (χ0) is 5.11. The average Bonchev–Trinajstić information content (AvgIpc) is 1.69. The number of nitrogens with zero attached hydrogens (tertiary/aromatic N) is 1. The van der Waals surface area contributed by atoms with Crippen molar-refractivity contribution in [2.45, 2.75) is 0 Å². The van der Waals surface area contributed by atoms with Crippen molar-refractivity contribution < 1.29 is 22.1 Å². The van der Waals surface area contributed by atoms with E-state index < -0.39 is 0 Å². The monoisotopic (exact) mass is 175 g/mol. The highest BCUT2D eigenvalue weighted by Crippen LogP contribution is 1.83. The molecule has 0 aliphatic rings. The maximum Gasteiger partial charge on any atom is 0.193 e. The largest absolute Gasteiger partial charge is 1.00 e. The predicted octanol–water partition coefficient (Wildman–Crippen LogP) is -3.52. The molecule has 1 rings (SSSR count). The van der Waals surface area contributed by atoms with E-state index in [9.17, 15) is 0 Å². The number of anilines is 1. The summed E-state index contributed by atoms with van der Waals surface area (Å²) in [5.74, 6) is 0.516. The van der Waals surface area contributed by atoms with Gasteiger partial charge < -0.3 is 22.7 Å². The lowest BCUT2D eigenvalue weighted by atomic mass is 10.6. The molecule has 0 radical (unpaired) electrons. The van der Waals surface area contributed by atoms with E-state index in [4.69, 9.17) is 5.73 Å². The van der Waals surface area contributed by atoms with Crippen LogP contribution in [-0.4, -0.2) is 5.10 Å². The molecular weight excluding hydrogens is 170 g/mol. The number of halogens is 1.